The molecule has 0 spiro atoms. The zero-order chi connectivity index (χ0) is 17.6. The van der Waals surface area contributed by atoms with E-state index in [1.807, 2.05) is 30.0 Å². The van der Waals surface area contributed by atoms with Gasteiger partial charge in [-0.1, -0.05) is 17.7 Å². The van der Waals surface area contributed by atoms with Gasteiger partial charge in [-0.2, -0.15) is 0 Å². The van der Waals surface area contributed by atoms with Crippen molar-refractivity contribution in [3.63, 3.8) is 0 Å². The van der Waals surface area contributed by atoms with Crippen molar-refractivity contribution in [2.45, 2.75) is 33.7 Å². The molecule has 128 valence electrons. The lowest BCUT2D eigenvalue weighted by Gasteiger charge is -2.30. The number of anilines is 1. The number of rotatable bonds is 1. The summed E-state index contributed by atoms with van der Waals surface area (Å²) in [4.78, 5) is 17.9. The molecule has 0 aliphatic carbocycles. The number of urea groups is 1. The smallest absolute Gasteiger partial charge is 0.322 e. The Kier molecular flexibility index (Phi) is 3.75. The Labute approximate surface area is 147 Å². The largest absolute Gasteiger partial charge is 0.359 e. The van der Waals surface area contributed by atoms with Gasteiger partial charge in [0.15, 0.2) is 0 Å². The molecule has 2 amide bonds. The fraction of sp³-hybridized carbons (Fsp3) is 0.286. The summed E-state index contributed by atoms with van der Waals surface area (Å²) in [5, 5.41) is 4.16. The van der Waals surface area contributed by atoms with Crippen LogP contribution in [0.3, 0.4) is 0 Å². The van der Waals surface area contributed by atoms with Crippen molar-refractivity contribution >= 4 is 22.6 Å². The number of aryl methyl sites for hydroxylation is 3. The number of benzene rings is 2. The highest BCUT2D eigenvalue weighted by Crippen LogP contribution is 2.25. The Morgan fingerprint density at radius 3 is 2.80 bits per heavy atom. The van der Waals surface area contributed by atoms with E-state index in [0.717, 1.165) is 35.2 Å². The Balaban J connectivity index is 1.52. The summed E-state index contributed by atoms with van der Waals surface area (Å²) >= 11 is 0. The van der Waals surface area contributed by atoms with Crippen LogP contribution < -0.4 is 5.32 Å². The first-order valence-corrected chi connectivity index (χ1v) is 8.74. The van der Waals surface area contributed by atoms with Crippen molar-refractivity contribution in [2.75, 3.05) is 11.9 Å². The summed E-state index contributed by atoms with van der Waals surface area (Å²) in [5.74, 6) is 0. The lowest BCUT2D eigenvalue weighted by atomic mass is 9.93. The quantitative estimate of drug-likeness (QED) is 0.667. The molecule has 0 radical (unpaired) electrons. The number of aromatic nitrogens is 1. The van der Waals surface area contributed by atoms with Gasteiger partial charge in [-0.05, 0) is 68.1 Å². The van der Waals surface area contributed by atoms with Crippen molar-refractivity contribution < 1.29 is 4.79 Å². The highest BCUT2D eigenvalue weighted by Gasteiger charge is 2.22. The van der Waals surface area contributed by atoms with Crippen LogP contribution >= 0.6 is 0 Å². The minimum atomic E-state index is -0.0303. The van der Waals surface area contributed by atoms with Gasteiger partial charge in [0.2, 0.25) is 0 Å². The third kappa shape index (κ3) is 3.00. The van der Waals surface area contributed by atoms with Crippen LogP contribution in [0.4, 0.5) is 10.5 Å². The predicted octanol–water partition coefficient (Wildman–Crippen LogP) is 4.68. The SMILES string of the molecule is Cc1cc(C)c2c(c1)CCN(C(=O)Nc1ccc3[nH]c(C)cc3c1)C2. The van der Waals surface area contributed by atoms with Gasteiger partial charge in [-0.25, -0.2) is 4.79 Å². The molecule has 0 bridgehead atoms. The topological polar surface area (TPSA) is 48.1 Å². The van der Waals surface area contributed by atoms with Crippen LogP contribution in [0.2, 0.25) is 0 Å². The van der Waals surface area contributed by atoms with Crippen LogP contribution in [0.1, 0.15) is 27.9 Å². The molecule has 4 heteroatoms. The van der Waals surface area contributed by atoms with E-state index in [4.69, 9.17) is 0 Å². The number of nitrogens with zero attached hydrogens (tertiary/aromatic N) is 1. The summed E-state index contributed by atoms with van der Waals surface area (Å²) < 4.78 is 0. The van der Waals surface area contributed by atoms with Gasteiger partial charge in [-0.3, -0.25) is 0 Å². The number of nitrogens with one attached hydrogen (secondary N) is 2. The van der Waals surface area contributed by atoms with Crippen LogP contribution in [0.25, 0.3) is 10.9 Å². The standard InChI is InChI=1S/C21H23N3O/c1-13-8-14(2)19-12-24(7-6-16(19)9-13)21(25)23-18-4-5-20-17(11-18)10-15(3)22-20/h4-5,8-11,22H,6-7,12H2,1-3H3,(H,23,25). The van der Waals surface area contributed by atoms with E-state index in [1.165, 1.54) is 22.3 Å². The first-order valence-electron chi connectivity index (χ1n) is 8.74. The molecule has 0 atom stereocenters. The van der Waals surface area contributed by atoms with Gasteiger partial charge < -0.3 is 15.2 Å². The summed E-state index contributed by atoms with van der Waals surface area (Å²) in [6.07, 6.45) is 0.918. The lowest BCUT2D eigenvalue weighted by Crippen LogP contribution is -2.39. The highest BCUT2D eigenvalue weighted by atomic mass is 16.2. The molecule has 1 aliphatic heterocycles. The van der Waals surface area contributed by atoms with E-state index in [1.54, 1.807) is 0 Å². The second kappa shape index (κ2) is 5.96. The fourth-order valence-corrected chi connectivity index (χ4v) is 3.79. The van der Waals surface area contributed by atoms with Gasteiger partial charge >= 0.3 is 6.03 Å². The van der Waals surface area contributed by atoms with Crippen LogP contribution in [0.5, 0.6) is 0 Å². The molecule has 1 aromatic heterocycles. The Morgan fingerprint density at radius 1 is 1.12 bits per heavy atom. The maximum atomic E-state index is 12.7. The number of H-pyrrole nitrogens is 1. The summed E-state index contributed by atoms with van der Waals surface area (Å²) in [7, 11) is 0. The Morgan fingerprint density at radius 2 is 1.96 bits per heavy atom. The minimum Gasteiger partial charge on any atom is -0.359 e. The second-order valence-corrected chi connectivity index (χ2v) is 7.08. The lowest BCUT2D eigenvalue weighted by molar-refractivity contribution is 0.206. The summed E-state index contributed by atoms with van der Waals surface area (Å²) in [5.41, 5.74) is 8.30. The minimum absolute atomic E-state index is 0.0303. The Bertz CT molecular complexity index is 971. The van der Waals surface area contributed by atoms with E-state index in [9.17, 15) is 4.79 Å². The maximum Gasteiger partial charge on any atom is 0.322 e. The van der Waals surface area contributed by atoms with Crippen LogP contribution in [0.15, 0.2) is 36.4 Å². The number of carbonyl (C=O) groups excluding carboxylic acids is 1. The van der Waals surface area contributed by atoms with E-state index >= 15 is 0 Å². The van der Waals surface area contributed by atoms with Gasteiger partial charge in [-0.15, -0.1) is 0 Å². The third-order valence-corrected chi connectivity index (χ3v) is 5.00. The molecule has 0 saturated heterocycles. The van der Waals surface area contributed by atoms with Crippen molar-refractivity contribution in [3.8, 4) is 0 Å². The van der Waals surface area contributed by atoms with Crippen molar-refractivity contribution in [2.24, 2.45) is 0 Å². The van der Waals surface area contributed by atoms with Gasteiger partial charge in [0, 0.05) is 35.4 Å². The molecule has 2 N–H and O–H groups in total. The van der Waals surface area contributed by atoms with E-state index < -0.39 is 0 Å². The summed E-state index contributed by atoms with van der Waals surface area (Å²) in [6, 6.07) is 12.5. The van der Waals surface area contributed by atoms with Crippen LogP contribution in [0, 0.1) is 20.8 Å². The average molecular weight is 333 g/mol. The molecular weight excluding hydrogens is 310 g/mol. The third-order valence-electron chi connectivity index (χ3n) is 5.00. The van der Waals surface area contributed by atoms with Gasteiger partial charge in [0.1, 0.15) is 0 Å². The molecule has 0 saturated carbocycles. The summed E-state index contributed by atoms with van der Waals surface area (Å²) in [6.45, 7) is 7.74. The second-order valence-electron chi connectivity index (χ2n) is 7.08. The van der Waals surface area contributed by atoms with E-state index in [0.29, 0.717) is 6.54 Å². The van der Waals surface area contributed by atoms with Crippen molar-refractivity contribution in [3.05, 3.63) is 64.3 Å². The molecular formula is C21H23N3O. The molecule has 2 heterocycles. The first-order chi connectivity index (χ1) is 12.0. The molecule has 25 heavy (non-hydrogen) atoms. The zero-order valence-corrected chi connectivity index (χ0v) is 14.9. The fourth-order valence-electron chi connectivity index (χ4n) is 3.79. The molecule has 2 aromatic carbocycles. The molecule has 3 aromatic rings. The molecule has 0 unspecified atom stereocenters. The number of hydrogen-bond acceptors (Lipinski definition) is 1. The van der Waals surface area contributed by atoms with Crippen LogP contribution in [-0.4, -0.2) is 22.5 Å². The normalized spacial score (nSPS) is 13.8. The predicted molar refractivity (Wildman–Crippen MR) is 102 cm³/mol. The number of amides is 2. The Hall–Kier alpha value is -2.75. The van der Waals surface area contributed by atoms with Gasteiger partial charge in [0.25, 0.3) is 0 Å². The highest BCUT2D eigenvalue weighted by molar-refractivity contribution is 5.93. The van der Waals surface area contributed by atoms with Crippen LogP contribution in [-0.2, 0) is 13.0 Å². The van der Waals surface area contributed by atoms with E-state index in [-0.39, 0.29) is 6.03 Å². The molecule has 4 rings (SSSR count). The molecule has 4 nitrogen and oxygen atoms in total. The molecule has 0 fully saturated rings. The zero-order valence-electron chi connectivity index (χ0n) is 14.9. The number of fused-ring (bicyclic) bond motifs is 2. The van der Waals surface area contributed by atoms with Crippen molar-refractivity contribution in [1.29, 1.82) is 0 Å². The first kappa shape index (κ1) is 15.8. The average Bonchev–Trinajstić information content (AvgIpc) is 2.93. The number of hydrogen-bond donors (Lipinski definition) is 2. The van der Waals surface area contributed by atoms with Gasteiger partial charge in [0.05, 0.1) is 0 Å². The van der Waals surface area contributed by atoms with E-state index in [2.05, 4.69) is 42.3 Å². The number of carbonyl (C=O) groups is 1. The monoisotopic (exact) mass is 333 g/mol. The number of aromatic amines is 1. The van der Waals surface area contributed by atoms with Crippen molar-refractivity contribution in [1.82, 2.24) is 9.88 Å². The molecule has 1 aliphatic rings. The maximum absolute atomic E-state index is 12.7.